The molecule has 3 aromatic carbocycles. The van der Waals surface area contributed by atoms with Crippen molar-refractivity contribution in [3.05, 3.63) is 111 Å². The van der Waals surface area contributed by atoms with Gasteiger partial charge in [-0.15, -0.1) is 0 Å². The quantitative estimate of drug-likeness (QED) is 0.273. The molecule has 0 radical (unpaired) electrons. The number of nitrogens with zero attached hydrogens (tertiary/aromatic N) is 2. The topological polar surface area (TPSA) is 102 Å². The maximum absolute atomic E-state index is 13.7. The number of carbonyl (C=O) groups excluding carboxylic acids is 2. The summed E-state index contributed by atoms with van der Waals surface area (Å²) in [5.74, 6) is 0.155. The number of aromatic nitrogens is 2. The number of fused-ring (bicyclic) bond motifs is 1. The molecule has 8 nitrogen and oxygen atoms in total. The van der Waals surface area contributed by atoms with Crippen molar-refractivity contribution >= 4 is 28.4 Å². The smallest absolute Gasteiger partial charge is 0.331 e. The summed E-state index contributed by atoms with van der Waals surface area (Å²) in [6.07, 6.45) is 3.74. The summed E-state index contributed by atoms with van der Waals surface area (Å²) in [6.45, 7) is 4.88. The lowest BCUT2D eigenvalue weighted by atomic mass is 9.81. The average molecular weight is 581 g/mol. The maximum Gasteiger partial charge on any atom is 0.331 e. The molecule has 1 fully saturated rings. The molecule has 1 aromatic heterocycles. The van der Waals surface area contributed by atoms with E-state index in [2.05, 4.69) is 36.6 Å². The molecule has 8 heteroatoms. The zero-order chi connectivity index (χ0) is 30.3. The number of anilines is 1. The van der Waals surface area contributed by atoms with Crippen LogP contribution in [0.5, 0.6) is 0 Å². The Kier molecular flexibility index (Phi) is 9.55. The summed E-state index contributed by atoms with van der Waals surface area (Å²) in [4.78, 5) is 52.9. The number of amides is 2. The highest BCUT2D eigenvalue weighted by Crippen LogP contribution is 2.29. The van der Waals surface area contributed by atoms with Gasteiger partial charge in [0.05, 0.1) is 10.9 Å². The summed E-state index contributed by atoms with van der Waals surface area (Å²) in [5, 5.41) is 6.35. The van der Waals surface area contributed by atoms with Crippen molar-refractivity contribution in [2.75, 3.05) is 11.9 Å². The molecule has 1 saturated carbocycles. The Morgan fingerprint density at radius 2 is 1.51 bits per heavy atom. The Bertz CT molecular complexity index is 1680. The van der Waals surface area contributed by atoms with E-state index >= 15 is 0 Å². The van der Waals surface area contributed by atoms with Crippen LogP contribution < -0.4 is 21.9 Å². The Morgan fingerprint density at radius 3 is 2.21 bits per heavy atom. The van der Waals surface area contributed by atoms with Crippen LogP contribution in [0.2, 0.25) is 0 Å². The molecule has 2 N–H and O–H groups in total. The minimum atomic E-state index is -0.491. The number of carbonyl (C=O) groups is 2. The second-order valence-electron chi connectivity index (χ2n) is 11.9. The molecule has 0 atom stereocenters. The van der Waals surface area contributed by atoms with Crippen LogP contribution in [-0.2, 0) is 29.1 Å². The van der Waals surface area contributed by atoms with Gasteiger partial charge in [0.1, 0.15) is 6.54 Å². The van der Waals surface area contributed by atoms with Gasteiger partial charge in [-0.1, -0.05) is 68.4 Å². The zero-order valence-corrected chi connectivity index (χ0v) is 24.9. The monoisotopic (exact) mass is 580 g/mol. The molecule has 0 saturated heterocycles. The van der Waals surface area contributed by atoms with Gasteiger partial charge in [0.2, 0.25) is 11.8 Å². The first-order chi connectivity index (χ1) is 20.8. The van der Waals surface area contributed by atoms with Crippen molar-refractivity contribution in [2.45, 2.75) is 65.0 Å². The van der Waals surface area contributed by atoms with Crippen LogP contribution >= 0.6 is 0 Å². The third-order valence-corrected chi connectivity index (χ3v) is 8.51. The molecule has 0 spiro atoms. The van der Waals surface area contributed by atoms with Crippen molar-refractivity contribution in [3.63, 3.8) is 0 Å². The Morgan fingerprint density at radius 1 is 0.837 bits per heavy atom. The van der Waals surface area contributed by atoms with Crippen molar-refractivity contribution in [1.29, 1.82) is 0 Å². The molecule has 224 valence electrons. The molecule has 4 aromatic rings. The molecule has 0 unspecified atom stereocenters. The van der Waals surface area contributed by atoms with Crippen molar-refractivity contribution < 1.29 is 9.59 Å². The Labute approximate surface area is 251 Å². The van der Waals surface area contributed by atoms with E-state index in [0.717, 1.165) is 32.1 Å². The van der Waals surface area contributed by atoms with E-state index in [1.165, 1.54) is 20.3 Å². The van der Waals surface area contributed by atoms with Crippen LogP contribution in [0.4, 0.5) is 5.69 Å². The normalized spacial score (nSPS) is 16.7. The van der Waals surface area contributed by atoms with E-state index in [-0.39, 0.29) is 42.3 Å². The maximum atomic E-state index is 13.7. The highest BCUT2D eigenvalue weighted by Gasteiger charge is 2.27. The number of hydrogen-bond donors (Lipinski definition) is 2. The van der Waals surface area contributed by atoms with Crippen LogP contribution in [-0.4, -0.2) is 27.5 Å². The highest BCUT2D eigenvalue weighted by molar-refractivity contribution is 5.91. The summed E-state index contributed by atoms with van der Waals surface area (Å²) in [5.41, 5.74) is 2.62. The number of benzene rings is 3. The fourth-order valence-electron chi connectivity index (χ4n) is 5.96. The van der Waals surface area contributed by atoms with E-state index in [1.54, 1.807) is 24.3 Å². The minimum Gasteiger partial charge on any atom is -0.356 e. The molecular weight excluding hydrogens is 540 g/mol. The molecule has 5 rings (SSSR count). The number of para-hydroxylation sites is 1. The first-order valence-corrected chi connectivity index (χ1v) is 15.2. The van der Waals surface area contributed by atoms with Gasteiger partial charge < -0.3 is 10.6 Å². The van der Waals surface area contributed by atoms with E-state index < -0.39 is 5.69 Å². The fourth-order valence-corrected chi connectivity index (χ4v) is 5.96. The lowest BCUT2D eigenvalue weighted by molar-refractivity contribution is -0.126. The second kappa shape index (κ2) is 13.7. The number of hydrogen-bond acceptors (Lipinski definition) is 4. The summed E-state index contributed by atoms with van der Waals surface area (Å²) in [7, 11) is 0. The van der Waals surface area contributed by atoms with Crippen molar-refractivity contribution in [3.8, 4) is 0 Å². The lowest BCUT2D eigenvalue weighted by Crippen LogP contribution is -2.43. The predicted molar refractivity (Wildman–Crippen MR) is 170 cm³/mol. The van der Waals surface area contributed by atoms with Crippen LogP contribution in [0.25, 0.3) is 10.9 Å². The molecular formula is C35H40N4O4. The first-order valence-electron chi connectivity index (χ1n) is 15.2. The molecule has 2 amide bonds. The molecule has 43 heavy (non-hydrogen) atoms. The van der Waals surface area contributed by atoms with Crippen LogP contribution in [0, 0.1) is 11.8 Å². The van der Waals surface area contributed by atoms with E-state index in [0.29, 0.717) is 29.1 Å². The van der Waals surface area contributed by atoms with Gasteiger partial charge in [-0.05, 0) is 79.3 Å². The second-order valence-corrected chi connectivity index (χ2v) is 11.9. The van der Waals surface area contributed by atoms with Gasteiger partial charge in [0.25, 0.3) is 5.56 Å². The van der Waals surface area contributed by atoms with Gasteiger partial charge >= 0.3 is 5.69 Å². The minimum absolute atomic E-state index is 0.0599. The zero-order valence-electron chi connectivity index (χ0n) is 24.9. The first kappa shape index (κ1) is 30.0. The van der Waals surface area contributed by atoms with E-state index in [4.69, 9.17) is 0 Å². The third-order valence-electron chi connectivity index (χ3n) is 8.51. The van der Waals surface area contributed by atoms with E-state index in [1.807, 2.05) is 42.5 Å². The standard InChI is InChI=1S/C35H40N4O4/c1-24(2)27-16-18-29(19-17-27)37-32(40)23-38-31-11-7-6-10-30(31)34(42)39(35(38)43)22-26-12-14-28(15-13-26)33(41)36-21-20-25-8-4-3-5-9-25/h3-11,16-19,24,26,28H,12-15,20-23H2,1-2H3,(H,36,41)(H,37,40). The van der Waals surface area contributed by atoms with Gasteiger partial charge in [0, 0.05) is 24.7 Å². The molecule has 1 aliphatic carbocycles. The van der Waals surface area contributed by atoms with Gasteiger partial charge in [-0.2, -0.15) is 0 Å². The van der Waals surface area contributed by atoms with Gasteiger partial charge in [-0.3, -0.25) is 23.5 Å². The summed E-state index contributed by atoms with van der Waals surface area (Å²) in [6, 6.07) is 24.7. The number of rotatable bonds is 10. The summed E-state index contributed by atoms with van der Waals surface area (Å²) < 4.78 is 2.67. The van der Waals surface area contributed by atoms with Crippen molar-refractivity contribution in [2.24, 2.45) is 11.8 Å². The lowest BCUT2D eigenvalue weighted by Gasteiger charge is -2.28. The average Bonchev–Trinajstić information content (AvgIpc) is 3.02. The van der Waals surface area contributed by atoms with Crippen LogP contribution in [0.1, 0.15) is 56.6 Å². The van der Waals surface area contributed by atoms with Crippen molar-refractivity contribution in [1.82, 2.24) is 14.5 Å². The Balaban J connectivity index is 1.24. The predicted octanol–water partition coefficient (Wildman–Crippen LogP) is 5.09. The molecule has 0 aliphatic heterocycles. The van der Waals surface area contributed by atoms with Crippen LogP contribution in [0.3, 0.4) is 0 Å². The summed E-state index contributed by atoms with van der Waals surface area (Å²) >= 11 is 0. The Hall–Kier alpha value is -4.46. The van der Waals surface area contributed by atoms with Crippen LogP contribution in [0.15, 0.2) is 88.5 Å². The highest BCUT2D eigenvalue weighted by atomic mass is 16.2. The van der Waals surface area contributed by atoms with E-state index in [9.17, 15) is 19.2 Å². The third kappa shape index (κ3) is 7.31. The molecule has 0 bridgehead atoms. The SMILES string of the molecule is CC(C)c1ccc(NC(=O)Cn2c(=O)n(CC3CCC(C(=O)NCCc4ccccc4)CC3)c(=O)c3ccccc32)cc1. The van der Waals surface area contributed by atoms with Gasteiger partial charge in [0.15, 0.2) is 0 Å². The fraction of sp³-hybridized carbons (Fsp3) is 0.371. The van der Waals surface area contributed by atoms with Gasteiger partial charge in [-0.25, -0.2) is 4.79 Å². The molecule has 1 aliphatic rings. The largest absolute Gasteiger partial charge is 0.356 e. The molecule has 1 heterocycles. The number of nitrogens with one attached hydrogen (secondary N) is 2.